The van der Waals surface area contributed by atoms with E-state index in [-0.39, 0.29) is 17.8 Å². The zero-order chi connectivity index (χ0) is 22.8. The Labute approximate surface area is 197 Å². The summed E-state index contributed by atoms with van der Waals surface area (Å²) >= 11 is 1.38. The van der Waals surface area contributed by atoms with Crippen molar-refractivity contribution in [2.24, 2.45) is 0 Å². The van der Waals surface area contributed by atoms with Gasteiger partial charge in [-0.25, -0.2) is 9.37 Å². The largest absolute Gasteiger partial charge is 0.366 e. The maximum absolute atomic E-state index is 14.1. The molecule has 2 saturated heterocycles. The van der Waals surface area contributed by atoms with Gasteiger partial charge in [-0.2, -0.15) is 4.37 Å². The molecule has 172 valence electrons. The number of hydrogen-bond donors (Lipinski definition) is 0. The molecule has 2 fully saturated rings. The van der Waals surface area contributed by atoms with Crippen molar-refractivity contribution in [1.82, 2.24) is 14.3 Å². The van der Waals surface area contributed by atoms with Crippen molar-refractivity contribution >= 4 is 28.3 Å². The Balaban J connectivity index is 1.22. The molecular formula is C25H28FN5OS. The van der Waals surface area contributed by atoms with Gasteiger partial charge in [-0.05, 0) is 37.5 Å². The summed E-state index contributed by atoms with van der Waals surface area (Å²) in [5.74, 6) is 0.739. The van der Waals surface area contributed by atoms with Gasteiger partial charge in [-0.15, -0.1) is 0 Å². The molecular weight excluding hydrogens is 437 g/mol. The number of rotatable bonds is 5. The topological polar surface area (TPSA) is 52.6 Å². The smallest absolute Gasteiger partial charge is 0.245 e. The number of piperazine rings is 1. The number of nitrogens with zero attached hydrogens (tertiary/aromatic N) is 5. The van der Waals surface area contributed by atoms with Crippen LogP contribution < -0.4 is 9.80 Å². The lowest BCUT2D eigenvalue weighted by Crippen LogP contribution is -2.54. The first-order valence-electron chi connectivity index (χ1n) is 11.5. The lowest BCUT2D eigenvalue weighted by molar-refractivity contribution is -0.132. The van der Waals surface area contributed by atoms with Crippen LogP contribution in [0.2, 0.25) is 0 Å². The van der Waals surface area contributed by atoms with E-state index in [9.17, 15) is 9.18 Å². The summed E-state index contributed by atoms with van der Waals surface area (Å²) in [7, 11) is 0. The van der Waals surface area contributed by atoms with Crippen molar-refractivity contribution < 1.29 is 9.18 Å². The molecule has 3 aromatic rings. The van der Waals surface area contributed by atoms with E-state index in [4.69, 9.17) is 4.98 Å². The maximum atomic E-state index is 14.1. The molecule has 2 aliphatic rings. The first-order chi connectivity index (χ1) is 16.1. The number of amides is 1. The van der Waals surface area contributed by atoms with Crippen LogP contribution in [0.1, 0.15) is 29.8 Å². The molecule has 5 rings (SSSR count). The molecule has 1 atom stereocenters. The van der Waals surface area contributed by atoms with Crippen molar-refractivity contribution in [2.45, 2.75) is 32.2 Å². The van der Waals surface area contributed by atoms with E-state index in [2.05, 4.69) is 40.5 Å². The molecule has 6 nitrogen and oxygen atoms in total. The van der Waals surface area contributed by atoms with Gasteiger partial charge in [-0.1, -0.05) is 42.0 Å². The van der Waals surface area contributed by atoms with Crippen LogP contribution >= 0.6 is 11.5 Å². The summed E-state index contributed by atoms with van der Waals surface area (Å²) in [6.07, 6.45) is 2.50. The third-order valence-corrected chi connectivity index (χ3v) is 7.30. The fraction of sp³-hybridized carbons (Fsp3) is 0.400. The van der Waals surface area contributed by atoms with Crippen molar-refractivity contribution in [2.75, 3.05) is 42.5 Å². The van der Waals surface area contributed by atoms with Crippen molar-refractivity contribution in [3.05, 3.63) is 71.3 Å². The first kappa shape index (κ1) is 21.8. The molecule has 0 radical (unpaired) electrons. The second kappa shape index (κ2) is 9.47. The van der Waals surface area contributed by atoms with Crippen LogP contribution in [0.3, 0.4) is 0 Å². The average molecular weight is 466 g/mol. The minimum atomic E-state index is -0.211. The number of hydrogen-bond acceptors (Lipinski definition) is 6. The van der Waals surface area contributed by atoms with E-state index in [0.29, 0.717) is 38.3 Å². The third-order valence-electron chi connectivity index (χ3n) is 6.51. The number of aryl methyl sites for hydroxylation is 1. The van der Waals surface area contributed by atoms with Gasteiger partial charge in [0.1, 0.15) is 17.7 Å². The normalized spacial score (nSPS) is 18.7. The van der Waals surface area contributed by atoms with Gasteiger partial charge in [-0.3, -0.25) is 4.79 Å². The van der Waals surface area contributed by atoms with Crippen molar-refractivity contribution in [3.8, 4) is 0 Å². The van der Waals surface area contributed by atoms with E-state index in [1.807, 2.05) is 15.9 Å². The Morgan fingerprint density at radius 3 is 2.58 bits per heavy atom. The zero-order valence-electron chi connectivity index (χ0n) is 18.8. The Morgan fingerprint density at radius 1 is 1.06 bits per heavy atom. The third kappa shape index (κ3) is 4.71. The Bertz CT molecular complexity index is 1110. The molecule has 2 aliphatic heterocycles. The van der Waals surface area contributed by atoms with E-state index in [0.717, 1.165) is 30.3 Å². The van der Waals surface area contributed by atoms with Gasteiger partial charge < -0.3 is 14.7 Å². The molecule has 0 bridgehead atoms. The standard InChI is InChI=1S/C25H28FN5OS/c1-18-8-10-19(11-9-18)17-23-27-25(33-28-23)31-12-4-7-22(31)24(32)30-15-13-29(14-16-30)21-6-3-2-5-20(21)26/h2-3,5-6,8-11,22H,4,7,12-17H2,1H3. The number of anilines is 2. The van der Waals surface area contributed by atoms with Crippen LogP contribution in [0.15, 0.2) is 48.5 Å². The number of carbonyl (C=O) groups is 1. The first-order valence-corrected chi connectivity index (χ1v) is 12.3. The summed E-state index contributed by atoms with van der Waals surface area (Å²) in [6, 6.07) is 15.1. The number of aromatic nitrogens is 2. The van der Waals surface area contributed by atoms with E-state index in [1.54, 1.807) is 12.1 Å². The highest BCUT2D eigenvalue weighted by atomic mass is 32.1. The number of para-hydroxylation sites is 1. The average Bonchev–Trinajstić information content (AvgIpc) is 3.50. The summed E-state index contributed by atoms with van der Waals surface area (Å²) in [5, 5.41) is 0.831. The van der Waals surface area contributed by atoms with Gasteiger partial charge in [0.15, 0.2) is 0 Å². The Kier molecular flexibility index (Phi) is 6.26. The molecule has 0 spiro atoms. The molecule has 1 unspecified atom stereocenters. The molecule has 0 N–H and O–H groups in total. The predicted molar refractivity (Wildman–Crippen MR) is 129 cm³/mol. The fourth-order valence-electron chi connectivity index (χ4n) is 4.66. The fourth-order valence-corrected chi connectivity index (χ4v) is 5.42. The van der Waals surface area contributed by atoms with Crippen molar-refractivity contribution in [3.63, 3.8) is 0 Å². The van der Waals surface area contributed by atoms with Crippen molar-refractivity contribution in [1.29, 1.82) is 0 Å². The monoisotopic (exact) mass is 465 g/mol. The SMILES string of the molecule is Cc1ccc(Cc2nsc(N3CCCC3C(=O)N3CCN(c4ccccc4F)CC3)n2)cc1. The highest BCUT2D eigenvalue weighted by molar-refractivity contribution is 7.09. The molecule has 3 heterocycles. The summed E-state index contributed by atoms with van der Waals surface area (Å²) in [4.78, 5) is 24.2. The molecule has 0 aliphatic carbocycles. The van der Waals surface area contributed by atoms with Gasteiger partial charge in [0, 0.05) is 50.7 Å². The van der Waals surface area contributed by atoms with E-state index < -0.39 is 0 Å². The second-order valence-electron chi connectivity index (χ2n) is 8.77. The van der Waals surface area contributed by atoms with Crippen LogP contribution in [0, 0.1) is 12.7 Å². The van der Waals surface area contributed by atoms with Crippen LogP contribution in [-0.2, 0) is 11.2 Å². The minimum Gasteiger partial charge on any atom is -0.366 e. The molecule has 0 saturated carbocycles. The lowest BCUT2D eigenvalue weighted by atomic mass is 10.1. The Hall–Kier alpha value is -3.00. The van der Waals surface area contributed by atoms with Crippen LogP contribution in [0.25, 0.3) is 0 Å². The summed E-state index contributed by atoms with van der Waals surface area (Å²) in [5.41, 5.74) is 3.03. The number of carbonyl (C=O) groups excluding carboxylic acids is 1. The quantitative estimate of drug-likeness (QED) is 0.572. The number of benzene rings is 2. The lowest BCUT2D eigenvalue weighted by Gasteiger charge is -2.38. The van der Waals surface area contributed by atoms with Gasteiger partial charge in [0.2, 0.25) is 11.0 Å². The molecule has 1 aromatic heterocycles. The highest BCUT2D eigenvalue weighted by Gasteiger charge is 2.36. The van der Waals surface area contributed by atoms with Crippen LogP contribution in [-0.4, -0.2) is 58.9 Å². The maximum Gasteiger partial charge on any atom is 0.245 e. The van der Waals surface area contributed by atoms with Crippen LogP contribution in [0.5, 0.6) is 0 Å². The molecule has 8 heteroatoms. The van der Waals surface area contributed by atoms with Gasteiger partial charge in [0.25, 0.3) is 0 Å². The van der Waals surface area contributed by atoms with Crippen LogP contribution in [0.4, 0.5) is 15.2 Å². The van der Waals surface area contributed by atoms with Gasteiger partial charge in [0.05, 0.1) is 5.69 Å². The van der Waals surface area contributed by atoms with E-state index >= 15 is 0 Å². The summed E-state index contributed by atoms with van der Waals surface area (Å²) < 4.78 is 18.7. The predicted octanol–water partition coefficient (Wildman–Crippen LogP) is 3.89. The Morgan fingerprint density at radius 2 is 1.82 bits per heavy atom. The number of halogens is 1. The molecule has 1 amide bonds. The summed E-state index contributed by atoms with van der Waals surface area (Å²) in [6.45, 7) is 5.38. The highest BCUT2D eigenvalue weighted by Crippen LogP contribution is 2.29. The molecule has 33 heavy (non-hydrogen) atoms. The minimum absolute atomic E-state index is 0.149. The van der Waals surface area contributed by atoms with E-state index in [1.165, 1.54) is 28.7 Å². The molecule has 2 aromatic carbocycles. The second-order valence-corrected chi connectivity index (χ2v) is 9.50. The zero-order valence-corrected chi connectivity index (χ0v) is 19.6. The van der Waals surface area contributed by atoms with Gasteiger partial charge >= 0.3 is 0 Å².